The first-order valence-electron chi connectivity index (χ1n) is 5.64. The van der Waals surface area contributed by atoms with E-state index in [1.54, 1.807) is 0 Å². The highest BCUT2D eigenvalue weighted by atomic mass is 32.1. The van der Waals surface area contributed by atoms with E-state index in [0.717, 1.165) is 23.2 Å². The Kier molecular flexibility index (Phi) is 3.59. The Morgan fingerprint density at radius 2 is 2.18 bits per heavy atom. The van der Waals surface area contributed by atoms with Crippen LogP contribution >= 0.6 is 11.3 Å². The summed E-state index contributed by atoms with van der Waals surface area (Å²) >= 11 is 1.53. The molecule has 3 heteroatoms. The molecule has 1 aromatic carbocycles. The van der Waals surface area contributed by atoms with E-state index in [-0.39, 0.29) is 5.91 Å². The van der Waals surface area contributed by atoms with Gasteiger partial charge in [0.05, 0.1) is 5.56 Å². The quantitative estimate of drug-likeness (QED) is 0.873. The number of rotatable bonds is 3. The van der Waals surface area contributed by atoms with Crippen LogP contribution in [0.25, 0.3) is 0 Å². The van der Waals surface area contributed by atoms with Gasteiger partial charge in [0.1, 0.15) is 0 Å². The number of hydrogen-bond acceptors (Lipinski definition) is 2. The highest BCUT2D eigenvalue weighted by Gasteiger charge is 2.10. The lowest BCUT2D eigenvalue weighted by Crippen LogP contribution is -2.13. The normalized spacial score (nSPS) is 10.2. The molecular formula is C14H15NOS. The third-order valence-electron chi connectivity index (χ3n) is 2.76. The zero-order chi connectivity index (χ0) is 12.3. The van der Waals surface area contributed by atoms with Crippen molar-refractivity contribution in [3.63, 3.8) is 0 Å². The molecule has 0 atom stereocenters. The molecule has 1 N–H and O–H groups in total. The Labute approximate surface area is 105 Å². The highest BCUT2D eigenvalue weighted by molar-refractivity contribution is 7.08. The number of aryl methyl sites for hydroxylation is 2. The SMILES string of the molecule is CCc1cccc(C)c1NC(=O)c1ccsc1. The monoisotopic (exact) mass is 245 g/mol. The summed E-state index contributed by atoms with van der Waals surface area (Å²) < 4.78 is 0. The van der Waals surface area contributed by atoms with Crippen LogP contribution in [-0.4, -0.2) is 5.91 Å². The molecule has 1 heterocycles. The third kappa shape index (κ3) is 2.56. The van der Waals surface area contributed by atoms with Crippen molar-refractivity contribution in [2.45, 2.75) is 20.3 Å². The van der Waals surface area contributed by atoms with Crippen LogP contribution in [0.3, 0.4) is 0 Å². The molecule has 0 aliphatic rings. The van der Waals surface area contributed by atoms with Gasteiger partial charge in [0, 0.05) is 11.1 Å². The summed E-state index contributed by atoms with van der Waals surface area (Å²) in [7, 11) is 0. The van der Waals surface area contributed by atoms with Crippen LogP contribution in [0, 0.1) is 6.92 Å². The number of carbonyl (C=O) groups is 1. The molecule has 0 aliphatic carbocycles. The number of anilines is 1. The van der Waals surface area contributed by atoms with Crippen LogP contribution < -0.4 is 5.32 Å². The first kappa shape index (κ1) is 11.9. The molecule has 1 aromatic heterocycles. The Morgan fingerprint density at radius 1 is 1.35 bits per heavy atom. The molecule has 0 unspecified atom stereocenters. The van der Waals surface area contributed by atoms with E-state index < -0.39 is 0 Å². The van der Waals surface area contributed by atoms with Crippen molar-refractivity contribution in [3.8, 4) is 0 Å². The minimum Gasteiger partial charge on any atom is -0.321 e. The standard InChI is InChI=1S/C14H15NOS/c1-3-11-6-4-5-10(2)13(11)15-14(16)12-7-8-17-9-12/h4-9H,3H2,1-2H3,(H,15,16). The van der Waals surface area contributed by atoms with Gasteiger partial charge in [-0.2, -0.15) is 11.3 Å². The average Bonchev–Trinajstić information content (AvgIpc) is 2.85. The lowest BCUT2D eigenvalue weighted by molar-refractivity contribution is 0.102. The van der Waals surface area contributed by atoms with E-state index in [0.29, 0.717) is 0 Å². The van der Waals surface area contributed by atoms with Crippen LogP contribution in [-0.2, 0) is 6.42 Å². The maximum absolute atomic E-state index is 12.0. The number of hydrogen-bond donors (Lipinski definition) is 1. The molecule has 0 fully saturated rings. The van der Waals surface area contributed by atoms with Crippen LogP contribution in [0.5, 0.6) is 0 Å². The van der Waals surface area contributed by atoms with E-state index in [4.69, 9.17) is 0 Å². The molecule has 2 aromatic rings. The molecule has 2 rings (SSSR count). The fourth-order valence-corrected chi connectivity index (χ4v) is 2.42. The number of thiophene rings is 1. The second kappa shape index (κ2) is 5.15. The van der Waals surface area contributed by atoms with Crippen LogP contribution in [0.1, 0.15) is 28.4 Å². The molecule has 0 saturated carbocycles. The van der Waals surface area contributed by atoms with Gasteiger partial charge in [-0.25, -0.2) is 0 Å². The van der Waals surface area contributed by atoms with E-state index in [1.165, 1.54) is 16.9 Å². The Hall–Kier alpha value is -1.61. The largest absolute Gasteiger partial charge is 0.321 e. The molecule has 0 radical (unpaired) electrons. The molecule has 0 spiro atoms. The lowest BCUT2D eigenvalue weighted by Gasteiger charge is -2.12. The minimum atomic E-state index is -0.0322. The number of nitrogens with one attached hydrogen (secondary N) is 1. The van der Waals surface area contributed by atoms with Crippen LogP contribution in [0.4, 0.5) is 5.69 Å². The van der Waals surface area contributed by atoms with Gasteiger partial charge in [0.25, 0.3) is 5.91 Å². The van der Waals surface area contributed by atoms with E-state index in [9.17, 15) is 4.79 Å². The Morgan fingerprint density at radius 3 is 2.82 bits per heavy atom. The van der Waals surface area contributed by atoms with Crippen molar-refractivity contribution < 1.29 is 4.79 Å². The van der Waals surface area contributed by atoms with Crippen molar-refractivity contribution >= 4 is 22.9 Å². The van der Waals surface area contributed by atoms with Gasteiger partial charge in [0.15, 0.2) is 0 Å². The number of benzene rings is 1. The zero-order valence-corrected chi connectivity index (χ0v) is 10.8. The summed E-state index contributed by atoms with van der Waals surface area (Å²) in [6, 6.07) is 7.93. The second-order valence-electron chi connectivity index (χ2n) is 3.93. The third-order valence-corrected chi connectivity index (χ3v) is 3.45. The van der Waals surface area contributed by atoms with Gasteiger partial charge in [0.2, 0.25) is 0 Å². The molecule has 0 aliphatic heterocycles. The van der Waals surface area contributed by atoms with Crippen molar-refractivity contribution in [2.75, 3.05) is 5.32 Å². The second-order valence-corrected chi connectivity index (χ2v) is 4.71. The number of amides is 1. The molecular weight excluding hydrogens is 230 g/mol. The topological polar surface area (TPSA) is 29.1 Å². The summed E-state index contributed by atoms with van der Waals surface area (Å²) in [6.07, 6.45) is 0.918. The van der Waals surface area contributed by atoms with E-state index in [2.05, 4.69) is 18.3 Å². The van der Waals surface area contributed by atoms with Crippen molar-refractivity contribution in [3.05, 3.63) is 51.7 Å². The lowest BCUT2D eigenvalue weighted by atomic mass is 10.1. The van der Waals surface area contributed by atoms with Crippen LogP contribution in [0.15, 0.2) is 35.0 Å². The van der Waals surface area contributed by atoms with Gasteiger partial charge >= 0.3 is 0 Å². The van der Waals surface area contributed by atoms with Gasteiger partial charge in [-0.15, -0.1) is 0 Å². The van der Waals surface area contributed by atoms with Crippen LogP contribution in [0.2, 0.25) is 0 Å². The summed E-state index contributed by atoms with van der Waals surface area (Å²) in [6.45, 7) is 4.11. The smallest absolute Gasteiger partial charge is 0.256 e. The molecule has 0 saturated heterocycles. The van der Waals surface area contributed by atoms with Gasteiger partial charge < -0.3 is 5.32 Å². The maximum atomic E-state index is 12.0. The van der Waals surface area contributed by atoms with Crippen molar-refractivity contribution in [1.82, 2.24) is 0 Å². The summed E-state index contributed by atoms with van der Waals surface area (Å²) in [5.74, 6) is -0.0322. The van der Waals surface area contributed by atoms with Gasteiger partial charge in [-0.3, -0.25) is 4.79 Å². The summed E-state index contributed by atoms with van der Waals surface area (Å²) in [5, 5.41) is 6.77. The first-order chi connectivity index (χ1) is 8.22. The molecule has 0 bridgehead atoms. The predicted octanol–water partition coefficient (Wildman–Crippen LogP) is 3.87. The first-order valence-corrected chi connectivity index (χ1v) is 6.58. The number of para-hydroxylation sites is 1. The molecule has 88 valence electrons. The maximum Gasteiger partial charge on any atom is 0.256 e. The van der Waals surface area contributed by atoms with Crippen molar-refractivity contribution in [1.29, 1.82) is 0 Å². The van der Waals surface area contributed by atoms with Gasteiger partial charge in [-0.05, 0) is 35.9 Å². The van der Waals surface area contributed by atoms with Gasteiger partial charge in [-0.1, -0.05) is 25.1 Å². The fraction of sp³-hybridized carbons (Fsp3) is 0.214. The highest BCUT2D eigenvalue weighted by Crippen LogP contribution is 2.22. The molecule has 2 nitrogen and oxygen atoms in total. The van der Waals surface area contributed by atoms with E-state index >= 15 is 0 Å². The average molecular weight is 245 g/mol. The molecule has 1 amide bonds. The van der Waals surface area contributed by atoms with E-state index in [1.807, 2.05) is 35.9 Å². The Balaban J connectivity index is 2.27. The fourth-order valence-electron chi connectivity index (χ4n) is 1.78. The zero-order valence-electron chi connectivity index (χ0n) is 9.99. The Bertz CT molecular complexity index is 517. The minimum absolute atomic E-state index is 0.0322. The predicted molar refractivity (Wildman–Crippen MR) is 72.8 cm³/mol. The molecule has 17 heavy (non-hydrogen) atoms. The summed E-state index contributed by atoms with van der Waals surface area (Å²) in [4.78, 5) is 12.0. The number of carbonyl (C=O) groups excluding carboxylic acids is 1. The van der Waals surface area contributed by atoms with Crippen molar-refractivity contribution in [2.24, 2.45) is 0 Å². The summed E-state index contributed by atoms with van der Waals surface area (Å²) in [5.41, 5.74) is 3.95.